The second-order valence-electron chi connectivity index (χ2n) is 5.18. The van der Waals surface area contributed by atoms with Crippen LogP contribution in [0, 0.1) is 0 Å². The van der Waals surface area contributed by atoms with Gasteiger partial charge in [0.1, 0.15) is 11.8 Å². The van der Waals surface area contributed by atoms with Crippen molar-refractivity contribution in [3.8, 4) is 5.75 Å². The van der Waals surface area contributed by atoms with Gasteiger partial charge < -0.3 is 19.9 Å². The van der Waals surface area contributed by atoms with Gasteiger partial charge in [-0.2, -0.15) is 0 Å². The molecule has 0 saturated carbocycles. The first-order valence-corrected chi connectivity index (χ1v) is 8.66. The zero-order valence-corrected chi connectivity index (χ0v) is 15.1. The van der Waals surface area contributed by atoms with Crippen molar-refractivity contribution in [2.45, 2.75) is 19.9 Å². The number of benzene rings is 1. The summed E-state index contributed by atoms with van der Waals surface area (Å²) in [6.45, 7) is 3.75. The highest BCUT2D eigenvalue weighted by Gasteiger charge is 2.30. The molecule has 2 rings (SSSR count). The summed E-state index contributed by atoms with van der Waals surface area (Å²) in [6, 6.07) is 6.65. The smallest absolute Gasteiger partial charge is 0.338 e. The molecule has 134 valence electrons. The normalized spacial score (nSPS) is 16.8. The minimum atomic E-state index is -0.937. The fourth-order valence-electron chi connectivity index (χ4n) is 2.35. The summed E-state index contributed by atoms with van der Waals surface area (Å²) in [5, 5.41) is 12.3. The van der Waals surface area contributed by atoms with Crippen LogP contribution in [0.4, 0.5) is 0 Å². The van der Waals surface area contributed by atoms with Gasteiger partial charge in [-0.25, -0.2) is 9.79 Å². The van der Waals surface area contributed by atoms with Crippen molar-refractivity contribution < 1.29 is 24.2 Å². The van der Waals surface area contributed by atoms with Crippen molar-refractivity contribution >= 4 is 28.9 Å². The van der Waals surface area contributed by atoms with Crippen LogP contribution in [0.15, 0.2) is 40.5 Å². The molecule has 1 aliphatic rings. The number of ether oxygens (including phenoxy) is 2. The van der Waals surface area contributed by atoms with Crippen molar-refractivity contribution in [3.63, 3.8) is 0 Å². The van der Waals surface area contributed by atoms with E-state index in [1.165, 1.54) is 0 Å². The zero-order chi connectivity index (χ0) is 18.4. The Morgan fingerprint density at radius 2 is 2.00 bits per heavy atom. The monoisotopic (exact) mass is 364 g/mol. The Morgan fingerprint density at radius 1 is 1.32 bits per heavy atom. The highest BCUT2D eigenvalue weighted by molar-refractivity contribution is 8.14. The maximum Gasteiger partial charge on any atom is 0.338 e. The fraction of sp³-hybridized carbons (Fsp3) is 0.353. The molecule has 0 bridgehead atoms. The molecular weight excluding hydrogens is 344 g/mol. The Bertz CT molecular complexity index is 712. The van der Waals surface area contributed by atoms with Gasteiger partial charge >= 0.3 is 11.9 Å². The number of amidine groups is 1. The molecule has 0 aliphatic carbocycles. The zero-order valence-electron chi connectivity index (χ0n) is 14.2. The number of thioether (sulfide) groups is 1. The quantitative estimate of drug-likeness (QED) is 0.748. The van der Waals surface area contributed by atoms with Gasteiger partial charge in [0.2, 0.25) is 0 Å². The number of nitrogens with one attached hydrogen (secondary N) is 1. The Morgan fingerprint density at radius 3 is 2.56 bits per heavy atom. The van der Waals surface area contributed by atoms with E-state index < -0.39 is 18.0 Å². The number of methoxy groups -OCH3 is 1. The highest BCUT2D eigenvalue weighted by atomic mass is 32.2. The number of hydrogen-bond donors (Lipinski definition) is 2. The standard InChI is InChI=1S/C17H20N2O5S/c1-4-24-16(22)14-10(2)18-17(25-9-13(20)21)19-15(14)11-5-7-12(23-3)8-6-11/h5-8,15H,4,9H2,1-3H3,(H,18,19)(H,20,21). The van der Waals surface area contributed by atoms with E-state index in [2.05, 4.69) is 10.3 Å². The largest absolute Gasteiger partial charge is 0.497 e. The van der Waals surface area contributed by atoms with Crippen LogP contribution in [-0.4, -0.2) is 41.7 Å². The molecule has 1 aromatic rings. The third-order valence-corrected chi connectivity index (χ3v) is 4.35. The molecule has 0 saturated heterocycles. The number of carboxylic acids is 1. The lowest BCUT2D eigenvalue weighted by molar-refractivity contribution is -0.139. The van der Waals surface area contributed by atoms with Crippen molar-refractivity contribution in [2.75, 3.05) is 19.5 Å². The third kappa shape index (κ3) is 4.76. The molecule has 0 spiro atoms. The molecule has 1 aliphatic heterocycles. The summed E-state index contributed by atoms with van der Waals surface area (Å²) >= 11 is 1.07. The molecule has 8 heteroatoms. The van der Waals surface area contributed by atoms with Crippen LogP contribution in [0.1, 0.15) is 25.5 Å². The molecule has 2 N–H and O–H groups in total. The average Bonchev–Trinajstić information content (AvgIpc) is 2.59. The summed E-state index contributed by atoms with van der Waals surface area (Å²) < 4.78 is 10.3. The number of allylic oxidation sites excluding steroid dienone is 1. The van der Waals surface area contributed by atoms with Crippen LogP contribution in [0.5, 0.6) is 5.75 Å². The van der Waals surface area contributed by atoms with E-state index in [4.69, 9.17) is 14.6 Å². The van der Waals surface area contributed by atoms with Gasteiger partial charge in [0, 0.05) is 5.70 Å². The van der Waals surface area contributed by atoms with Gasteiger partial charge in [-0.15, -0.1) is 0 Å². The maximum absolute atomic E-state index is 12.4. The third-order valence-electron chi connectivity index (χ3n) is 3.48. The number of carboxylic acid groups (broad SMARTS) is 1. The van der Waals surface area contributed by atoms with E-state index in [-0.39, 0.29) is 12.4 Å². The highest BCUT2D eigenvalue weighted by Crippen LogP contribution is 2.33. The second-order valence-corrected chi connectivity index (χ2v) is 6.14. The van der Waals surface area contributed by atoms with E-state index in [0.717, 1.165) is 17.3 Å². The van der Waals surface area contributed by atoms with E-state index in [1.54, 1.807) is 33.1 Å². The molecule has 7 nitrogen and oxygen atoms in total. The molecule has 0 radical (unpaired) electrons. The second kappa shape index (κ2) is 8.57. The maximum atomic E-state index is 12.4. The van der Waals surface area contributed by atoms with E-state index in [9.17, 15) is 9.59 Å². The van der Waals surface area contributed by atoms with Gasteiger partial charge in [-0.05, 0) is 31.5 Å². The van der Waals surface area contributed by atoms with Crippen LogP contribution in [-0.2, 0) is 14.3 Å². The predicted octanol–water partition coefficient (Wildman–Crippen LogP) is 2.35. The Labute approximate surface area is 150 Å². The summed E-state index contributed by atoms with van der Waals surface area (Å²) in [6.07, 6.45) is 0. The van der Waals surface area contributed by atoms with Crippen molar-refractivity contribution in [1.82, 2.24) is 5.32 Å². The van der Waals surface area contributed by atoms with Crippen LogP contribution in [0.3, 0.4) is 0 Å². The predicted molar refractivity (Wildman–Crippen MR) is 95.7 cm³/mol. The minimum Gasteiger partial charge on any atom is -0.497 e. The van der Waals surface area contributed by atoms with Crippen molar-refractivity contribution in [3.05, 3.63) is 41.1 Å². The first kappa shape index (κ1) is 18.9. The van der Waals surface area contributed by atoms with Gasteiger partial charge in [0.05, 0.1) is 25.0 Å². The summed E-state index contributed by atoms with van der Waals surface area (Å²) in [5.41, 5.74) is 1.80. The number of carbonyl (C=O) groups is 2. The molecule has 1 unspecified atom stereocenters. The molecule has 25 heavy (non-hydrogen) atoms. The fourth-order valence-corrected chi connectivity index (χ4v) is 3.02. The van der Waals surface area contributed by atoms with Gasteiger partial charge in [-0.1, -0.05) is 23.9 Å². The minimum absolute atomic E-state index is 0.122. The van der Waals surface area contributed by atoms with Crippen LogP contribution in [0.2, 0.25) is 0 Å². The molecule has 1 atom stereocenters. The van der Waals surface area contributed by atoms with Gasteiger partial charge in [-0.3, -0.25) is 4.79 Å². The summed E-state index contributed by atoms with van der Waals surface area (Å²) in [7, 11) is 1.58. The number of nitrogens with zero attached hydrogens (tertiary/aromatic N) is 1. The molecule has 0 aromatic heterocycles. The van der Waals surface area contributed by atoms with Crippen LogP contribution in [0.25, 0.3) is 0 Å². The van der Waals surface area contributed by atoms with Gasteiger partial charge in [0.15, 0.2) is 5.17 Å². The topological polar surface area (TPSA) is 97.2 Å². The molecule has 1 heterocycles. The number of hydrogen-bond acceptors (Lipinski definition) is 7. The SMILES string of the molecule is CCOC(=O)C1=C(C)NC(SCC(=O)O)=NC1c1ccc(OC)cc1. The lowest BCUT2D eigenvalue weighted by Gasteiger charge is -2.25. The van der Waals surface area contributed by atoms with E-state index >= 15 is 0 Å². The average molecular weight is 364 g/mol. The molecule has 1 aromatic carbocycles. The molecule has 0 amide bonds. The van der Waals surface area contributed by atoms with Gasteiger partial charge in [0.25, 0.3) is 0 Å². The number of esters is 1. The first-order chi connectivity index (χ1) is 12.0. The number of aliphatic imine (C=N–C) groups is 1. The number of aliphatic carboxylic acids is 1. The van der Waals surface area contributed by atoms with E-state index in [0.29, 0.717) is 22.2 Å². The Hall–Kier alpha value is -2.48. The Balaban J connectivity index is 2.38. The molecule has 0 fully saturated rings. The van der Waals surface area contributed by atoms with Crippen LogP contribution >= 0.6 is 11.8 Å². The molecular formula is C17H20N2O5S. The lowest BCUT2D eigenvalue weighted by Crippen LogP contribution is -2.31. The summed E-state index contributed by atoms with van der Waals surface area (Å²) in [4.78, 5) is 27.7. The number of rotatable bonds is 6. The Kier molecular flexibility index (Phi) is 6.46. The van der Waals surface area contributed by atoms with Crippen molar-refractivity contribution in [1.29, 1.82) is 0 Å². The van der Waals surface area contributed by atoms with E-state index in [1.807, 2.05) is 12.1 Å². The van der Waals surface area contributed by atoms with Crippen molar-refractivity contribution in [2.24, 2.45) is 4.99 Å². The summed E-state index contributed by atoms with van der Waals surface area (Å²) in [5.74, 6) is -0.809. The first-order valence-electron chi connectivity index (χ1n) is 7.67. The number of carbonyl (C=O) groups excluding carboxylic acids is 1. The lowest BCUT2D eigenvalue weighted by atomic mass is 9.96. The van der Waals surface area contributed by atoms with Crippen LogP contribution < -0.4 is 10.1 Å².